The number of nitrogens with one attached hydrogen (secondary N) is 2. The van der Waals surface area contributed by atoms with Gasteiger partial charge in [0.05, 0.1) is 13.7 Å². The van der Waals surface area contributed by atoms with Crippen LogP contribution in [0.2, 0.25) is 0 Å². The Labute approximate surface area is 130 Å². The predicted molar refractivity (Wildman–Crippen MR) is 85.8 cm³/mol. The number of nitrogens with two attached hydrogens (primary N) is 1. The number of benzene rings is 1. The second-order valence-corrected chi connectivity index (χ2v) is 4.83. The molecule has 4 N–H and O–H groups in total. The molecule has 1 rings (SSSR count). The van der Waals surface area contributed by atoms with E-state index in [4.69, 9.17) is 15.2 Å². The summed E-state index contributed by atoms with van der Waals surface area (Å²) in [4.78, 5) is 15.7. The van der Waals surface area contributed by atoms with Crippen molar-refractivity contribution < 1.29 is 14.3 Å². The smallest absolute Gasteiger partial charge is 0.242 e. The Morgan fingerprint density at radius 2 is 2.00 bits per heavy atom. The van der Waals surface area contributed by atoms with E-state index < -0.39 is 0 Å². The SMILES string of the molecule is COCC(C)NC(N)=NCC(=O)NCc1ccc(OC)cc1. The van der Waals surface area contributed by atoms with Gasteiger partial charge in [-0.2, -0.15) is 0 Å². The minimum atomic E-state index is -0.194. The summed E-state index contributed by atoms with van der Waals surface area (Å²) in [5.41, 5.74) is 6.67. The topological polar surface area (TPSA) is 98.0 Å². The molecule has 0 fully saturated rings. The lowest BCUT2D eigenvalue weighted by Gasteiger charge is -2.13. The van der Waals surface area contributed by atoms with E-state index in [2.05, 4.69) is 15.6 Å². The molecule has 7 heteroatoms. The second kappa shape index (κ2) is 9.62. The van der Waals surface area contributed by atoms with Crippen molar-refractivity contribution in [2.24, 2.45) is 10.7 Å². The van der Waals surface area contributed by atoms with Crippen LogP contribution < -0.4 is 21.1 Å². The van der Waals surface area contributed by atoms with Crippen molar-refractivity contribution in [3.63, 3.8) is 0 Å². The van der Waals surface area contributed by atoms with Gasteiger partial charge in [-0.05, 0) is 24.6 Å². The Balaban J connectivity index is 2.33. The zero-order valence-corrected chi connectivity index (χ0v) is 13.3. The first-order valence-corrected chi connectivity index (χ1v) is 7.00. The molecule has 0 radical (unpaired) electrons. The minimum Gasteiger partial charge on any atom is -0.497 e. The molecule has 0 aliphatic rings. The van der Waals surface area contributed by atoms with Crippen molar-refractivity contribution in [3.05, 3.63) is 29.8 Å². The number of hydrogen-bond donors (Lipinski definition) is 3. The zero-order chi connectivity index (χ0) is 16.4. The van der Waals surface area contributed by atoms with Crippen molar-refractivity contribution in [3.8, 4) is 5.75 Å². The van der Waals surface area contributed by atoms with E-state index in [1.165, 1.54) is 0 Å². The molecule has 0 aliphatic heterocycles. The van der Waals surface area contributed by atoms with Crippen LogP contribution >= 0.6 is 0 Å². The number of amides is 1. The highest BCUT2D eigenvalue weighted by Crippen LogP contribution is 2.10. The van der Waals surface area contributed by atoms with E-state index >= 15 is 0 Å². The number of carbonyl (C=O) groups excluding carboxylic acids is 1. The number of aliphatic imine (C=N–C) groups is 1. The molecule has 7 nitrogen and oxygen atoms in total. The number of hydrogen-bond acceptors (Lipinski definition) is 4. The fourth-order valence-electron chi connectivity index (χ4n) is 1.75. The largest absolute Gasteiger partial charge is 0.497 e. The van der Waals surface area contributed by atoms with Gasteiger partial charge in [-0.25, -0.2) is 4.99 Å². The normalized spacial score (nSPS) is 12.6. The van der Waals surface area contributed by atoms with Crippen molar-refractivity contribution in [2.75, 3.05) is 27.4 Å². The lowest BCUT2D eigenvalue weighted by Crippen LogP contribution is -2.41. The standard InChI is InChI=1S/C15H24N4O3/c1-11(10-21-2)19-15(16)18-9-14(20)17-8-12-4-6-13(22-3)7-5-12/h4-7,11H,8-10H2,1-3H3,(H,17,20)(H3,16,18,19). The van der Waals surface area contributed by atoms with Crippen LogP contribution in [0.25, 0.3) is 0 Å². The van der Waals surface area contributed by atoms with Crippen LogP contribution in [0.4, 0.5) is 0 Å². The first kappa shape index (κ1) is 17.8. The van der Waals surface area contributed by atoms with Crippen LogP contribution in [0.1, 0.15) is 12.5 Å². The van der Waals surface area contributed by atoms with E-state index in [-0.39, 0.29) is 24.5 Å². The van der Waals surface area contributed by atoms with Gasteiger partial charge in [0.2, 0.25) is 5.91 Å². The maximum Gasteiger partial charge on any atom is 0.242 e. The number of ether oxygens (including phenoxy) is 2. The van der Waals surface area contributed by atoms with Crippen LogP contribution in [0, 0.1) is 0 Å². The molecule has 0 heterocycles. The van der Waals surface area contributed by atoms with Gasteiger partial charge in [0.1, 0.15) is 12.3 Å². The predicted octanol–water partition coefficient (Wildman–Crippen LogP) is 0.251. The van der Waals surface area contributed by atoms with Crippen molar-refractivity contribution in [1.82, 2.24) is 10.6 Å². The molecule has 1 aromatic carbocycles. The van der Waals surface area contributed by atoms with Crippen LogP contribution in [-0.2, 0) is 16.1 Å². The summed E-state index contributed by atoms with van der Waals surface area (Å²) in [5.74, 6) is 0.813. The number of nitrogens with zero attached hydrogens (tertiary/aromatic N) is 1. The maximum absolute atomic E-state index is 11.7. The number of guanidine groups is 1. The summed E-state index contributed by atoms with van der Waals surface area (Å²) in [6.45, 7) is 2.84. The summed E-state index contributed by atoms with van der Waals surface area (Å²) in [6, 6.07) is 7.52. The molecule has 0 saturated carbocycles. The molecule has 1 unspecified atom stereocenters. The highest BCUT2D eigenvalue weighted by Gasteiger charge is 2.04. The summed E-state index contributed by atoms with van der Waals surface area (Å²) in [6.07, 6.45) is 0. The average Bonchev–Trinajstić information content (AvgIpc) is 2.51. The third-order valence-corrected chi connectivity index (χ3v) is 2.85. The first-order chi connectivity index (χ1) is 10.5. The van der Waals surface area contributed by atoms with Gasteiger partial charge in [-0.1, -0.05) is 12.1 Å². The summed E-state index contributed by atoms with van der Waals surface area (Å²) in [7, 11) is 3.22. The Bertz CT molecular complexity index is 488. The van der Waals surface area contributed by atoms with Crippen LogP contribution in [0.5, 0.6) is 5.75 Å². The monoisotopic (exact) mass is 308 g/mol. The number of rotatable bonds is 8. The minimum absolute atomic E-state index is 0.0192. The fourth-order valence-corrected chi connectivity index (χ4v) is 1.75. The molecule has 0 spiro atoms. The first-order valence-electron chi connectivity index (χ1n) is 7.00. The van der Waals surface area contributed by atoms with Gasteiger partial charge in [-0.3, -0.25) is 4.79 Å². The van der Waals surface area contributed by atoms with E-state index in [0.29, 0.717) is 13.2 Å². The van der Waals surface area contributed by atoms with E-state index in [9.17, 15) is 4.79 Å². The molecule has 1 atom stereocenters. The van der Waals surface area contributed by atoms with Gasteiger partial charge in [0, 0.05) is 19.7 Å². The number of methoxy groups -OCH3 is 2. The van der Waals surface area contributed by atoms with Crippen molar-refractivity contribution in [1.29, 1.82) is 0 Å². The molecule has 0 saturated heterocycles. The lowest BCUT2D eigenvalue weighted by atomic mass is 10.2. The molecule has 0 bridgehead atoms. The average molecular weight is 308 g/mol. The third-order valence-electron chi connectivity index (χ3n) is 2.85. The number of carbonyl (C=O) groups is 1. The highest BCUT2D eigenvalue weighted by molar-refractivity contribution is 5.84. The Kier molecular flexibility index (Phi) is 7.77. The van der Waals surface area contributed by atoms with E-state index in [1.807, 2.05) is 31.2 Å². The molecule has 0 aromatic heterocycles. The van der Waals surface area contributed by atoms with Gasteiger partial charge < -0.3 is 25.8 Å². The van der Waals surface area contributed by atoms with Crippen molar-refractivity contribution in [2.45, 2.75) is 19.5 Å². The van der Waals surface area contributed by atoms with E-state index in [1.54, 1.807) is 14.2 Å². The Hall–Kier alpha value is -2.28. The van der Waals surface area contributed by atoms with Gasteiger partial charge in [-0.15, -0.1) is 0 Å². The highest BCUT2D eigenvalue weighted by atomic mass is 16.5. The zero-order valence-electron chi connectivity index (χ0n) is 13.3. The van der Waals surface area contributed by atoms with E-state index in [0.717, 1.165) is 11.3 Å². The van der Waals surface area contributed by atoms with Crippen molar-refractivity contribution >= 4 is 11.9 Å². The van der Waals surface area contributed by atoms with Crippen LogP contribution in [-0.4, -0.2) is 45.3 Å². The van der Waals surface area contributed by atoms with Gasteiger partial charge in [0.25, 0.3) is 0 Å². The molecule has 1 aromatic rings. The van der Waals surface area contributed by atoms with Gasteiger partial charge >= 0.3 is 0 Å². The Morgan fingerprint density at radius 1 is 1.32 bits per heavy atom. The molecule has 122 valence electrons. The fraction of sp³-hybridized carbons (Fsp3) is 0.467. The van der Waals surface area contributed by atoms with Crippen LogP contribution in [0.15, 0.2) is 29.3 Å². The molecule has 22 heavy (non-hydrogen) atoms. The summed E-state index contributed by atoms with van der Waals surface area (Å²) in [5, 5.41) is 5.71. The molecule has 0 aliphatic carbocycles. The summed E-state index contributed by atoms with van der Waals surface area (Å²) < 4.78 is 10.0. The molecule has 1 amide bonds. The molecular weight excluding hydrogens is 284 g/mol. The maximum atomic E-state index is 11.7. The molecular formula is C15H24N4O3. The summed E-state index contributed by atoms with van der Waals surface area (Å²) >= 11 is 0. The van der Waals surface area contributed by atoms with Crippen LogP contribution in [0.3, 0.4) is 0 Å². The quantitative estimate of drug-likeness (QED) is 0.472. The van der Waals surface area contributed by atoms with Gasteiger partial charge in [0.15, 0.2) is 5.96 Å². The second-order valence-electron chi connectivity index (χ2n) is 4.83. The third kappa shape index (κ3) is 6.94. The Morgan fingerprint density at radius 3 is 2.59 bits per heavy atom. The lowest BCUT2D eigenvalue weighted by molar-refractivity contribution is -0.119.